The van der Waals surface area contributed by atoms with Crippen LogP contribution in [0.5, 0.6) is 0 Å². The number of amides is 1. The third-order valence-corrected chi connectivity index (χ3v) is 2.81. The van der Waals surface area contributed by atoms with Crippen molar-refractivity contribution in [3.05, 3.63) is 17.2 Å². The van der Waals surface area contributed by atoms with Crippen molar-refractivity contribution >= 4 is 6.09 Å². The Morgan fingerprint density at radius 3 is 2.52 bits per heavy atom. The zero-order valence-electron chi connectivity index (χ0n) is 13.2. The molecule has 0 aliphatic rings. The minimum Gasteiger partial charge on any atom is -0.444 e. The summed E-state index contributed by atoms with van der Waals surface area (Å²) in [6, 6.07) is 0. The average molecular weight is 299 g/mol. The molecule has 0 saturated heterocycles. The van der Waals surface area contributed by atoms with Crippen LogP contribution < -0.4 is 5.32 Å². The SMILES string of the molecule is CCc1nc(C(O)C(O)CNC(=O)OC(C)(C)C)c(C)[nH]1. The Morgan fingerprint density at radius 1 is 1.43 bits per heavy atom. The third-order valence-electron chi connectivity index (χ3n) is 2.81. The van der Waals surface area contributed by atoms with E-state index < -0.39 is 23.9 Å². The van der Waals surface area contributed by atoms with Crippen LogP contribution in [0.25, 0.3) is 0 Å². The number of aromatic amines is 1. The number of ether oxygens (including phenoxy) is 1. The minimum atomic E-state index is -1.17. The maximum atomic E-state index is 11.5. The zero-order valence-corrected chi connectivity index (χ0v) is 13.2. The van der Waals surface area contributed by atoms with Crippen LogP contribution in [0.3, 0.4) is 0 Å². The zero-order chi connectivity index (χ0) is 16.2. The van der Waals surface area contributed by atoms with Crippen LogP contribution >= 0.6 is 0 Å². The molecule has 0 fully saturated rings. The van der Waals surface area contributed by atoms with Gasteiger partial charge in [0.05, 0.1) is 5.69 Å². The van der Waals surface area contributed by atoms with E-state index in [1.54, 1.807) is 27.7 Å². The second-order valence-corrected chi connectivity index (χ2v) is 5.94. The number of nitrogens with zero attached hydrogens (tertiary/aromatic N) is 1. The smallest absolute Gasteiger partial charge is 0.407 e. The van der Waals surface area contributed by atoms with Crippen molar-refractivity contribution in [2.75, 3.05) is 6.54 Å². The summed E-state index contributed by atoms with van der Waals surface area (Å²) in [6.45, 7) is 8.84. The first-order valence-corrected chi connectivity index (χ1v) is 7.02. The number of imidazole rings is 1. The van der Waals surface area contributed by atoms with Crippen LogP contribution in [0.2, 0.25) is 0 Å². The lowest BCUT2D eigenvalue weighted by atomic mass is 10.1. The summed E-state index contributed by atoms with van der Waals surface area (Å²) in [5, 5.41) is 22.5. The van der Waals surface area contributed by atoms with E-state index in [1.807, 2.05) is 6.92 Å². The van der Waals surface area contributed by atoms with Gasteiger partial charge in [-0.15, -0.1) is 0 Å². The largest absolute Gasteiger partial charge is 0.444 e. The van der Waals surface area contributed by atoms with Crippen LogP contribution in [-0.2, 0) is 11.2 Å². The number of carbonyl (C=O) groups excluding carboxylic acids is 1. The van der Waals surface area contributed by atoms with Gasteiger partial charge in [-0.2, -0.15) is 0 Å². The van der Waals surface area contributed by atoms with E-state index in [-0.39, 0.29) is 6.54 Å². The number of carbonyl (C=O) groups is 1. The highest BCUT2D eigenvalue weighted by atomic mass is 16.6. The monoisotopic (exact) mass is 299 g/mol. The predicted molar refractivity (Wildman–Crippen MR) is 77.9 cm³/mol. The Bertz CT molecular complexity index is 479. The van der Waals surface area contributed by atoms with Gasteiger partial charge in [0.15, 0.2) is 0 Å². The van der Waals surface area contributed by atoms with Crippen molar-refractivity contribution in [3.63, 3.8) is 0 Å². The van der Waals surface area contributed by atoms with Gasteiger partial charge in [-0.05, 0) is 27.7 Å². The van der Waals surface area contributed by atoms with Gasteiger partial charge in [-0.1, -0.05) is 6.92 Å². The van der Waals surface area contributed by atoms with Crippen LogP contribution in [0.1, 0.15) is 51.0 Å². The summed E-state index contributed by atoms with van der Waals surface area (Å²) < 4.78 is 5.05. The molecule has 0 aromatic carbocycles. The van der Waals surface area contributed by atoms with Crippen molar-refractivity contribution in [3.8, 4) is 0 Å². The number of alkyl carbamates (subject to hydrolysis) is 1. The summed E-state index contributed by atoms with van der Waals surface area (Å²) in [5.74, 6) is 0.744. The number of aryl methyl sites for hydroxylation is 2. The molecule has 1 heterocycles. The molecular formula is C14H25N3O4. The lowest BCUT2D eigenvalue weighted by molar-refractivity contribution is 0.0107. The van der Waals surface area contributed by atoms with E-state index in [1.165, 1.54) is 0 Å². The van der Waals surface area contributed by atoms with Crippen LogP contribution in [0.4, 0.5) is 4.79 Å². The molecule has 0 aliphatic heterocycles. The summed E-state index contributed by atoms with van der Waals surface area (Å²) in [6.07, 6.45) is -2.26. The van der Waals surface area contributed by atoms with Crippen molar-refractivity contribution in [1.82, 2.24) is 15.3 Å². The minimum absolute atomic E-state index is 0.121. The molecule has 2 atom stereocenters. The number of aromatic nitrogens is 2. The van der Waals surface area contributed by atoms with Crippen LogP contribution in [0.15, 0.2) is 0 Å². The highest BCUT2D eigenvalue weighted by molar-refractivity contribution is 5.67. The lowest BCUT2D eigenvalue weighted by Crippen LogP contribution is -2.39. The first kappa shape index (κ1) is 17.5. The fourth-order valence-electron chi connectivity index (χ4n) is 1.79. The molecule has 120 valence electrons. The van der Waals surface area contributed by atoms with Gasteiger partial charge in [-0.25, -0.2) is 9.78 Å². The van der Waals surface area contributed by atoms with Crippen LogP contribution in [-0.4, -0.2) is 44.5 Å². The first-order valence-electron chi connectivity index (χ1n) is 7.02. The van der Waals surface area contributed by atoms with Gasteiger partial charge in [0, 0.05) is 18.7 Å². The molecule has 21 heavy (non-hydrogen) atoms. The number of hydrogen-bond acceptors (Lipinski definition) is 5. The fourth-order valence-corrected chi connectivity index (χ4v) is 1.79. The molecular weight excluding hydrogens is 274 g/mol. The average Bonchev–Trinajstić information content (AvgIpc) is 2.74. The van der Waals surface area contributed by atoms with Gasteiger partial charge >= 0.3 is 6.09 Å². The van der Waals surface area contributed by atoms with Gasteiger partial charge < -0.3 is 25.3 Å². The number of aliphatic hydroxyl groups is 2. The van der Waals surface area contributed by atoms with E-state index in [0.717, 1.165) is 5.82 Å². The van der Waals surface area contributed by atoms with E-state index in [4.69, 9.17) is 4.74 Å². The molecule has 1 rings (SSSR count). The Morgan fingerprint density at radius 2 is 2.05 bits per heavy atom. The van der Waals surface area contributed by atoms with E-state index in [0.29, 0.717) is 17.8 Å². The summed E-state index contributed by atoms with van der Waals surface area (Å²) in [4.78, 5) is 18.7. The Hall–Kier alpha value is -1.60. The third kappa shape index (κ3) is 5.35. The number of H-pyrrole nitrogens is 1. The summed E-state index contributed by atoms with van der Waals surface area (Å²) in [5.41, 5.74) is 0.489. The van der Waals surface area contributed by atoms with Crippen molar-refractivity contribution in [2.45, 2.75) is 58.8 Å². The number of hydrogen-bond donors (Lipinski definition) is 4. The first-order chi connectivity index (χ1) is 9.64. The predicted octanol–water partition coefficient (Wildman–Crippen LogP) is 1.20. The lowest BCUT2D eigenvalue weighted by Gasteiger charge is -2.21. The quantitative estimate of drug-likeness (QED) is 0.653. The topological polar surface area (TPSA) is 107 Å². The normalized spacial score (nSPS) is 14.6. The van der Waals surface area contributed by atoms with Gasteiger partial charge in [0.25, 0.3) is 0 Å². The maximum Gasteiger partial charge on any atom is 0.407 e. The molecule has 0 saturated carbocycles. The molecule has 0 bridgehead atoms. The molecule has 1 amide bonds. The highest BCUT2D eigenvalue weighted by Crippen LogP contribution is 2.19. The highest BCUT2D eigenvalue weighted by Gasteiger charge is 2.24. The molecule has 0 radical (unpaired) electrons. The van der Waals surface area contributed by atoms with Gasteiger partial charge in [-0.3, -0.25) is 0 Å². The van der Waals surface area contributed by atoms with E-state index in [9.17, 15) is 15.0 Å². The molecule has 1 aromatic heterocycles. The van der Waals surface area contributed by atoms with Crippen LogP contribution in [0, 0.1) is 6.92 Å². The maximum absolute atomic E-state index is 11.5. The Kier molecular flexibility index (Phi) is 5.74. The van der Waals surface area contributed by atoms with Crippen molar-refractivity contribution in [1.29, 1.82) is 0 Å². The molecule has 4 N–H and O–H groups in total. The Balaban J connectivity index is 2.56. The number of rotatable bonds is 5. The second kappa shape index (κ2) is 6.91. The van der Waals surface area contributed by atoms with E-state index in [2.05, 4.69) is 15.3 Å². The van der Waals surface area contributed by atoms with Gasteiger partial charge in [0.2, 0.25) is 0 Å². The fraction of sp³-hybridized carbons (Fsp3) is 0.714. The Labute approximate surface area is 124 Å². The molecule has 7 nitrogen and oxygen atoms in total. The van der Waals surface area contributed by atoms with Gasteiger partial charge in [0.1, 0.15) is 23.6 Å². The molecule has 2 unspecified atom stereocenters. The number of nitrogens with one attached hydrogen (secondary N) is 2. The molecule has 0 aliphatic carbocycles. The molecule has 0 spiro atoms. The standard InChI is InChI=1S/C14H25N3O4/c1-6-10-16-8(2)11(17-10)12(19)9(18)7-15-13(20)21-14(3,4)5/h9,12,18-19H,6-7H2,1-5H3,(H,15,20)(H,16,17). The molecule has 7 heteroatoms. The van der Waals surface area contributed by atoms with E-state index >= 15 is 0 Å². The van der Waals surface area contributed by atoms with Crippen molar-refractivity contribution < 1.29 is 19.7 Å². The van der Waals surface area contributed by atoms with Crippen molar-refractivity contribution in [2.24, 2.45) is 0 Å². The summed E-state index contributed by atoms with van der Waals surface area (Å²) >= 11 is 0. The second-order valence-electron chi connectivity index (χ2n) is 5.94. The summed E-state index contributed by atoms with van der Waals surface area (Å²) in [7, 11) is 0. The number of aliphatic hydroxyl groups excluding tert-OH is 2. The molecule has 1 aromatic rings.